The molecule has 3 heteroatoms. The minimum Gasteiger partial charge on any atom is -0.493 e. The van der Waals surface area contributed by atoms with E-state index in [1.807, 2.05) is 0 Å². The molecule has 0 aliphatic carbocycles. The molecule has 81 heavy (non-hydrogen) atoms. The van der Waals surface area contributed by atoms with E-state index in [2.05, 4.69) is 91.5 Å². The van der Waals surface area contributed by atoms with E-state index in [1.54, 1.807) is 27.0 Å². The third-order valence-electron chi connectivity index (χ3n) is 18.0. The zero-order valence-corrected chi connectivity index (χ0v) is 56.8. The summed E-state index contributed by atoms with van der Waals surface area (Å²) in [6, 6.07) is 10.1. The second kappa shape index (κ2) is 51.0. The molecule has 0 saturated heterocycles. The van der Waals surface area contributed by atoms with E-state index in [4.69, 9.17) is 0 Å². The fourth-order valence-electron chi connectivity index (χ4n) is 13.2. The van der Waals surface area contributed by atoms with Gasteiger partial charge in [-0.2, -0.15) is 0 Å². The Labute approximate surface area is 519 Å². The average molecular weight is 1200 g/mol. The standard InChI is InChI=1S/C78H132N2.Pd/c1-9-17-22-26-27-28-29-30-31-32-33-34-35-36-37-38-39-40-41-42-43-44-45-46-47-48-49-54-62-76-75(61-50-21-13-5)77(71-63-67(55-14-6)73(57-16-8)68(64-71)56-15-7)80(79)78(76)72-65-69(58-51-23-18-10-2)74(60-53-25-20-12-4)70(66-72)59-52-24-19-11-3;/h63-66H,9-53,55-61H2,1-8H3;. The Bertz CT molecular complexity index is 1960. The van der Waals surface area contributed by atoms with Crippen LogP contribution in [-0.4, -0.2) is 4.70 Å². The molecule has 0 amide bonds. The largest absolute Gasteiger partial charge is 0.493 e. The molecule has 0 radical (unpaired) electrons. The van der Waals surface area contributed by atoms with Crippen molar-refractivity contribution in [3.05, 3.63) is 85.5 Å². The Morgan fingerprint density at radius 2 is 0.580 bits per heavy atom. The topological polar surface area (TPSA) is 25.3 Å². The molecule has 1 heterocycles. The molecular weight excluding hydrogens is 1070 g/mol. The number of hydrogen-bond acceptors (Lipinski definition) is 0. The molecule has 2 nitrogen and oxygen atoms in total. The minimum absolute atomic E-state index is 0. The molecule has 1 aliphatic heterocycles. The maximum Gasteiger partial charge on any atom is 0.223 e. The molecule has 0 atom stereocenters. The normalized spacial score (nSPS) is 12.5. The van der Waals surface area contributed by atoms with Crippen LogP contribution in [0.5, 0.6) is 0 Å². The van der Waals surface area contributed by atoms with Crippen molar-refractivity contribution in [2.45, 2.75) is 389 Å². The van der Waals surface area contributed by atoms with E-state index in [1.165, 1.54) is 285 Å². The fraction of sp³-hybridized carbons (Fsp3) is 0.769. The van der Waals surface area contributed by atoms with Gasteiger partial charge in [0, 0.05) is 43.5 Å². The summed E-state index contributed by atoms with van der Waals surface area (Å²) in [5, 5.41) is 0. The first-order valence-electron chi connectivity index (χ1n) is 36.2. The molecule has 2 aromatic rings. The van der Waals surface area contributed by atoms with Gasteiger partial charge in [0.25, 0.3) is 0 Å². The molecule has 464 valence electrons. The number of unbranched alkanes of at least 4 members (excludes halogenated alkanes) is 37. The predicted molar refractivity (Wildman–Crippen MR) is 358 cm³/mol. The molecule has 0 bridgehead atoms. The molecule has 0 fully saturated rings. The number of nitrogens with zero attached hydrogens (tertiary/aromatic N) is 2. The van der Waals surface area contributed by atoms with Crippen LogP contribution in [0.15, 0.2) is 35.4 Å². The smallest absolute Gasteiger partial charge is 0.223 e. The van der Waals surface area contributed by atoms with Gasteiger partial charge in [0.1, 0.15) is 5.57 Å². The first-order valence-corrected chi connectivity index (χ1v) is 36.2. The summed E-state index contributed by atoms with van der Waals surface area (Å²) in [5.41, 5.74) is 29.2. The minimum atomic E-state index is 0. The van der Waals surface area contributed by atoms with Crippen LogP contribution in [0.1, 0.15) is 395 Å². The Balaban J connectivity index is 0.0000224. The monoisotopic (exact) mass is 1200 g/mol. The van der Waals surface area contributed by atoms with Crippen LogP contribution in [0.2, 0.25) is 0 Å². The summed E-state index contributed by atoms with van der Waals surface area (Å²) in [6.45, 7) is 18.6. The first kappa shape index (κ1) is 74.8. The van der Waals surface area contributed by atoms with Crippen LogP contribution in [0.3, 0.4) is 0 Å². The number of rotatable bonds is 53. The van der Waals surface area contributed by atoms with Crippen LogP contribution in [0, 0.1) is 11.8 Å². The Hall–Kier alpha value is -2.26. The third-order valence-corrected chi connectivity index (χ3v) is 18.0. The summed E-state index contributed by atoms with van der Waals surface area (Å²) < 4.78 is 1.67. The first-order chi connectivity index (χ1) is 39.4. The van der Waals surface area contributed by atoms with Crippen molar-refractivity contribution in [1.82, 2.24) is 0 Å². The second-order valence-electron chi connectivity index (χ2n) is 25.4. The van der Waals surface area contributed by atoms with Crippen molar-refractivity contribution in [2.75, 3.05) is 0 Å². The van der Waals surface area contributed by atoms with Gasteiger partial charge in [-0.1, -0.05) is 318 Å². The van der Waals surface area contributed by atoms with Gasteiger partial charge < -0.3 is 5.53 Å². The van der Waals surface area contributed by atoms with E-state index in [9.17, 15) is 5.53 Å². The molecule has 3 rings (SSSR count). The second-order valence-corrected chi connectivity index (χ2v) is 25.4. The van der Waals surface area contributed by atoms with Crippen LogP contribution in [-0.2, 0) is 58.9 Å². The van der Waals surface area contributed by atoms with E-state index >= 15 is 0 Å². The Morgan fingerprint density at radius 3 is 0.951 bits per heavy atom. The van der Waals surface area contributed by atoms with Crippen LogP contribution >= 0.6 is 0 Å². The number of benzene rings is 2. The molecule has 0 unspecified atom stereocenters. The van der Waals surface area contributed by atoms with Gasteiger partial charge in [-0.3, -0.25) is 0 Å². The third kappa shape index (κ3) is 31.1. The summed E-state index contributed by atoms with van der Waals surface area (Å²) in [5.74, 6) is 7.70. The Kier molecular flexibility index (Phi) is 47.1. The SMILES string of the molecule is CCCCCCCCCCCCCCCCCCCCCCCCCCCCC#CC1=C(c2cc(CCCCCC)c(CCCCCC)c(CCCCCC)c2)[N+](=[N-])C(c2cc(CCC)c(CCC)c(CCC)c2)=C1CCCCC.[Pd]. The van der Waals surface area contributed by atoms with Gasteiger partial charge in [-0.15, -0.1) is 0 Å². The fourth-order valence-corrected chi connectivity index (χ4v) is 13.2. The predicted octanol–water partition coefficient (Wildman–Crippen LogP) is 26.2. The maximum absolute atomic E-state index is 13.2. The molecular formula is C78H132N2Pd. The van der Waals surface area contributed by atoms with Crippen molar-refractivity contribution < 1.29 is 25.1 Å². The van der Waals surface area contributed by atoms with E-state index in [0.29, 0.717) is 0 Å². The van der Waals surface area contributed by atoms with E-state index in [-0.39, 0.29) is 20.4 Å². The molecule has 0 saturated carbocycles. The van der Waals surface area contributed by atoms with Crippen molar-refractivity contribution in [2.24, 2.45) is 0 Å². The zero-order chi connectivity index (χ0) is 57.5. The summed E-state index contributed by atoms with van der Waals surface area (Å²) in [6.07, 6.45) is 67.8. The maximum atomic E-state index is 13.2. The van der Waals surface area contributed by atoms with E-state index < -0.39 is 0 Å². The van der Waals surface area contributed by atoms with Crippen LogP contribution in [0.25, 0.3) is 16.9 Å². The van der Waals surface area contributed by atoms with Gasteiger partial charge in [0.15, 0.2) is 0 Å². The zero-order valence-electron chi connectivity index (χ0n) is 55.3. The number of aryl methyl sites for hydroxylation is 4. The van der Waals surface area contributed by atoms with Crippen molar-refractivity contribution in [3.8, 4) is 11.8 Å². The number of allylic oxidation sites excluding steroid dienone is 2. The molecule has 0 N–H and O–H groups in total. The molecule has 0 aromatic heterocycles. The van der Waals surface area contributed by atoms with Gasteiger partial charge in [0.2, 0.25) is 11.4 Å². The van der Waals surface area contributed by atoms with Crippen LogP contribution in [0.4, 0.5) is 0 Å². The average Bonchev–Trinajstić information content (AvgIpc) is 3.81. The Morgan fingerprint density at radius 1 is 0.296 bits per heavy atom. The quantitative estimate of drug-likeness (QED) is 0.0273. The molecule has 1 aliphatic rings. The van der Waals surface area contributed by atoms with Gasteiger partial charge in [0.05, 0.1) is 0 Å². The molecule has 2 aromatic carbocycles. The van der Waals surface area contributed by atoms with Gasteiger partial charge in [-0.25, -0.2) is 4.70 Å². The summed E-state index contributed by atoms with van der Waals surface area (Å²) >= 11 is 0. The van der Waals surface area contributed by atoms with Crippen molar-refractivity contribution >= 4 is 11.4 Å². The summed E-state index contributed by atoms with van der Waals surface area (Å²) in [4.78, 5) is 0. The van der Waals surface area contributed by atoms with Gasteiger partial charge in [-0.05, 0) is 135 Å². The number of hydrogen-bond donors (Lipinski definition) is 0. The van der Waals surface area contributed by atoms with E-state index in [0.717, 1.165) is 94.0 Å². The molecule has 0 spiro atoms. The van der Waals surface area contributed by atoms with Gasteiger partial charge >= 0.3 is 0 Å². The van der Waals surface area contributed by atoms with Crippen molar-refractivity contribution in [1.29, 1.82) is 0 Å². The summed E-state index contributed by atoms with van der Waals surface area (Å²) in [7, 11) is 0. The van der Waals surface area contributed by atoms with Crippen molar-refractivity contribution in [3.63, 3.8) is 0 Å². The van der Waals surface area contributed by atoms with Crippen LogP contribution < -0.4 is 0 Å².